The van der Waals surface area contributed by atoms with E-state index in [1.54, 1.807) is 12.1 Å². The standard InChI is InChI=1S/C29H24F3N3O4S/c1-15-7-17-9-19(10-18(17)11-20(15)14-40(3,37)38)27(36)22-13-34-35(29(22)33)26-16(2)8-21(12-25(26)32)39-28-23(30)5-4-6-24(28)31/h4-9,11-13H,10,14,33H2,1-3H3. The fourth-order valence-corrected chi connectivity index (χ4v) is 5.63. The molecule has 0 bridgehead atoms. The number of Topliss-reactive ketones (excluding diaryl/α,β-unsaturated/α-hetero) is 1. The van der Waals surface area contributed by atoms with Crippen LogP contribution in [0.2, 0.25) is 0 Å². The van der Waals surface area contributed by atoms with Crippen molar-refractivity contribution in [3.63, 3.8) is 0 Å². The van der Waals surface area contributed by atoms with E-state index in [2.05, 4.69) is 5.10 Å². The zero-order valence-corrected chi connectivity index (χ0v) is 22.6. The highest BCUT2D eigenvalue weighted by Crippen LogP contribution is 2.34. The maximum absolute atomic E-state index is 15.2. The first-order valence-electron chi connectivity index (χ1n) is 12.1. The lowest BCUT2D eigenvalue weighted by Gasteiger charge is -2.13. The van der Waals surface area contributed by atoms with E-state index in [1.807, 2.05) is 13.0 Å². The summed E-state index contributed by atoms with van der Waals surface area (Å²) in [5, 5.41) is 4.14. The molecule has 206 valence electrons. The molecule has 40 heavy (non-hydrogen) atoms. The Bertz CT molecular complexity index is 1800. The number of hydrogen-bond acceptors (Lipinski definition) is 6. The molecule has 0 fully saturated rings. The molecular formula is C29H24F3N3O4S. The number of aromatic nitrogens is 2. The molecule has 11 heteroatoms. The minimum Gasteiger partial charge on any atom is -0.451 e. The topological polar surface area (TPSA) is 104 Å². The lowest BCUT2D eigenvalue weighted by atomic mass is 10.0. The Kier molecular flexibility index (Phi) is 6.79. The molecule has 7 nitrogen and oxygen atoms in total. The van der Waals surface area contributed by atoms with Gasteiger partial charge in [0.25, 0.3) is 0 Å². The predicted octanol–water partition coefficient (Wildman–Crippen LogP) is 5.65. The summed E-state index contributed by atoms with van der Waals surface area (Å²) in [6.45, 7) is 3.36. The number of nitrogen functional groups attached to an aromatic ring is 1. The summed E-state index contributed by atoms with van der Waals surface area (Å²) in [5.74, 6) is -4.09. The molecule has 0 spiro atoms. The van der Waals surface area contributed by atoms with Crippen LogP contribution in [0.4, 0.5) is 19.0 Å². The van der Waals surface area contributed by atoms with E-state index < -0.39 is 38.8 Å². The van der Waals surface area contributed by atoms with Crippen LogP contribution in [0.5, 0.6) is 11.5 Å². The first-order chi connectivity index (χ1) is 18.8. The Labute approximate surface area is 228 Å². The third kappa shape index (κ3) is 5.12. The molecule has 4 aromatic rings. The zero-order valence-electron chi connectivity index (χ0n) is 21.8. The van der Waals surface area contributed by atoms with E-state index in [1.165, 1.54) is 31.5 Å². The fraction of sp³-hybridized carbons (Fsp3) is 0.172. The molecule has 0 radical (unpaired) electrons. The second-order valence-electron chi connectivity index (χ2n) is 9.80. The van der Waals surface area contributed by atoms with Gasteiger partial charge in [-0.3, -0.25) is 4.79 Å². The molecule has 3 aromatic carbocycles. The van der Waals surface area contributed by atoms with Gasteiger partial charge in [-0.1, -0.05) is 18.2 Å². The number of benzene rings is 3. The molecule has 0 saturated heterocycles. The average Bonchev–Trinajstić information content (AvgIpc) is 3.43. The van der Waals surface area contributed by atoms with Crippen LogP contribution in [0.25, 0.3) is 11.8 Å². The van der Waals surface area contributed by atoms with Crippen LogP contribution < -0.4 is 10.5 Å². The summed E-state index contributed by atoms with van der Waals surface area (Å²) < 4.78 is 73.1. The quantitative estimate of drug-likeness (QED) is 0.290. The van der Waals surface area contributed by atoms with E-state index in [4.69, 9.17) is 10.5 Å². The van der Waals surface area contributed by atoms with Crippen molar-refractivity contribution in [2.75, 3.05) is 12.0 Å². The van der Waals surface area contributed by atoms with E-state index in [0.717, 1.165) is 39.6 Å². The van der Waals surface area contributed by atoms with Crippen molar-refractivity contribution in [2.24, 2.45) is 0 Å². The molecule has 0 unspecified atom stereocenters. The fourth-order valence-electron chi connectivity index (χ4n) is 4.76. The van der Waals surface area contributed by atoms with E-state index in [-0.39, 0.29) is 35.0 Å². The number of anilines is 1. The summed E-state index contributed by atoms with van der Waals surface area (Å²) in [7, 11) is -3.23. The molecule has 0 aliphatic heterocycles. The number of aryl methyl sites for hydroxylation is 2. The maximum atomic E-state index is 15.2. The Morgan fingerprint density at radius 3 is 2.40 bits per heavy atom. The van der Waals surface area contributed by atoms with Crippen molar-refractivity contribution < 1.29 is 31.1 Å². The third-order valence-electron chi connectivity index (χ3n) is 6.65. The summed E-state index contributed by atoms with van der Waals surface area (Å²) in [5.41, 5.74) is 10.1. The number of ketones is 1. The number of rotatable bonds is 7. The normalized spacial score (nSPS) is 12.8. The third-order valence-corrected chi connectivity index (χ3v) is 7.48. The number of halogens is 3. The molecule has 0 saturated carbocycles. The van der Waals surface area contributed by atoms with Crippen molar-refractivity contribution in [3.05, 3.63) is 105 Å². The van der Waals surface area contributed by atoms with Crippen molar-refractivity contribution in [2.45, 2.75) is 26.0 Å². The van der Waals surface area contributed by atoms with Crippen LogP contribution in [0, 0.1) is 31.3 Å². The Morgan fingerprint density at radius 2 is 1.75 bits per heavy atom. The highest BCUT2D eigenvalue weighted by molar-refractivity contribution is 7.89. The monoisotopic (exact) mass is 567 g/mol. The van der Waals surface area contributed by atoms with Crippen molar-refractivity contribution >= 4 is 27.5 Å². The average molecular weight is 568 g/mol. The number of hydrogen-bond donors (Lipinski definition) is 1. The number of fused-ring (bicyclic) bond motifs is 1. The van der Waals surface area contributed by atoms with Gasteiger partial charge in [0, 0.05) is 24.3 Å². The molecule has 1 aliphatic carbocycles. The molecule has 2 N–H and O–H groups in total. The smallest absolute Gasteiger partial charge is 0.198 e. The van der Waals surface area contributed by atoms with Crippen molar-refractivity contribution in [1.29, 1.82) is 0 Å². The van der Waals surface area contributed by atoms with Gasteiger partial charge in [0.2, 0.25) is 0 Å². The van der Waals surface area contributed by atoms with Crippen LogP contribution in [0.1, 0.15) is 38.2 Å². The maximum Gasteiger partial charge on any atom is 0.198 e. The van der Waals surface area contributed by atoms with Gasteiger partial charge in [0.05, 0.1) is 17.5 Å². The second-order valence-corrected chi connectivity index (χ2v) is 11.9. The molecule has 5 rings (SSSR count). The molecule has 0 amide bonds. The minimum absolute atomic E-state index is 0.0531. The highest BCUT2D eigenvalue weighted by atomic mass is 32.2. The van der Waals surface area contributed by atoms with E-state index in [0.29, 0.717) is 16.7 Å². The van der Waals surface area contributed by atoms with Gasteiger partial charge < -0.3 is 10.5 Å². The van der Waals surface area contributed by atoms with Gasteiger partial charge in [-0.25, -0.2) is 26.3 Å². The summed E-state index contributed by atoms with van der Waals surface area (Å²) in [6, 6.07) is 9.19. The molecule has 1 aromatic heterocycles. The van der Waals surface area contributed by atoms with Gasteiger partial charge in [-0.15, -0.1) is 0 Å². The number of ether oxygens (including phenoxy) is 1. The van der Waals surface area contributed by atoms with Gasteiger partial charge in [-0.2, -0.15) is 5.10 Å². The van der Waals surface area contributed by atoms with Gasteiger partial charge in [-0.05, 0) is 65.9 Å². The largest absolute Gasteiger partial charge is 0.451 e. The van der Waals surface area contributed by atoms with Gasteiger partial charge >= 0.3 is 0 Å². The SMILES string of the molecule is Cc1cc2c(cc1CS(C)(=O)=O)CC(C(=O)c1cnn(-c3c(C)cc(Oc4c(F)cccc4F)cc3F)c1N)=C2. The number of nitrogens with two attached hydrogens (primary N) is 1. The van der Waals surface area contributed by atoms with Crippen LogP contribution in [0.3, 0.4) is 0 Å². The summed E-state index contributed by atoms with van der Waals surface area (Å²) in [4.78, 5) is 13.4. The van der Waals surface area contributed by atoms with Crippen LogP contribution >= 0.6 is 0 Å². The highest BCUT2D eigenvalue weighted by Gasteiger charge is 2.26. The van der Waals surface area contributed by atoms with Crippen molar-refractivity contribution in [3.8, 4) is 17.2 Å². The second kappa shape index (κ2) is 9.98. The van der Waals surface area contributed by atoms with E-state index >= 15 is 4.39 Å². The number of nitrogens with zero attached hydrogens (tertiary/aromatic N) is 2. The number of carbonyl (C=O) groups is 1. The van der Waals surface area contributed by atoms with Crippen LogP contribution in [-0.4, -0.2) is 30.2 Å². The molecular weight excluding hydrogens is 543 g/mol. The first kappa shape index (κ1) is 27.2. The number of carbonyl (C=O) groups excluding carboxylic acids is 1. The van der Waals surface area contributed by atoms with E-state index in [9.17, 15) is 22.0 Å². The zero-order chi connectivity index (χ0) is 28.9. The lowest BCUT2D eigenvalue weighted by molar-refractivity contribution is 0.103. The molecule has 1 aliphatic rings. The van der Waals surface area contributed by atoms with Crippen LogP contribution in [0.15, 0.2) is 54.2 Å². The van der Waals surface area contributed by atoms with Crippen LogP contribution in [-0.2, 0) is 22.0 Å². The minimum atomic E-state index is -3.23. The summed E-state index contributed by atoms with van der Waals surface area (Å²) in [6.07, 6.45) is 4.43. The first-order valence-corrected chi connectivity index (χ1v) is 14.2. The van der Waals surface area contributed by atoms with Crippen molar-refractivity contribution in [1.82, 2.24) is 9.78 Å². The number of sulfone groups is 1. The van der Waals surface area contributed by atoms with Gasteiger partial charge in [0.15, 0.2) is 38.8 Å². The van der Waals surface area contributed by atoms with Gasteiger partial charge in [0.1, 0.15) is 17.3 Å². The Balaban J connectivity index is 1.42. The molecule has 0 atom stereocenters. The Hall–Kier alpha value is -4.38. The lowest BCUT2D eigenvalue weighted by Crippen LogP contribution is -2.10. The molecule has 1 heterocycles. The summed E-state index contributed by atoms with van der Waals surface area (Å²) >= 11 is 0. The number of para-hydroxylation sites is 1. The Morgan fingerprint density at radius 1 is 1.05 bits per heavy atom. The predicted molar refractivity (Wildman–Crippen MR) is 145 cm³/mol. The number of allylic oxidation sites excluding steroid dienone is 1.